The Morgan fingerprint density at radius 1 is 1.10 bits per heavy atom. The van der Waals surface area contributed by atoms with E-state index in [1.165, 1.54) is 5.56 Å². The van der Waals surface area contributed by atoms with Crippen molar-refractivity contribution in [2.24, 2.45) is 5.73 Å². The van der Waals surface area contributed by atoms with Gasteiger partial charge in [-0.1, -0.05) is 42.5 Å². The van der Waals surface area contributed by atoms with Gasteiger partial charge in [-0.15, -0.1) is 0 Å². The molecule has 2 aromatic rings. The fraction of sp³-hybridized carbons (Fsp3) is 0.235. The SMILES string of the molecule is COCc1ccc(CNc2ccccc2CC(N)=O)cc1. The number of benzene rings is 2. The van der Waals surface area contributed by atoms with Gasteiger partial charge in [0.2, 0.25) is 5.91 Å². The van der Waals surface area contributed by atoms with Gasteiger partial charge in [-0.05, 0) is 22.8 Å². The average Bonchev–Trinajstić information content (AvgIpc) is 2.48. The van der Waals surface area contributed by atoms with E-state index in [0.717, 1.165) is 16.8 Å². The van der Waals surface area contributed by atoms with Crippen LogP contribution in [0.2, 0.25) is 0 Å². The molecule has 0 spiro atoms. The summed E-state index contributed by atoms with van der Waals surface area (Å²) >= 11 is 0. The zero-order valence-electron chi connectivity index (χ0n) is 12.1. The minimum atomic E-state index is -0.326. The van der Waals surface area contributed by atoms with E-state index in [4.69, 9.17) is 10.5 Å². The third-order valence-electron chi connectivity index (χ3n) is 3.20. The lowest BCUT2D eigenvalue weighted by Gasteiger charge is -2.11. The summed E-state index contributed by atoms with van der Waals surface area (Å²) in [6, 6.07) is 16.0. The number of primary amides is 1. The molecule has 4 heteroatoms. The highest BCUT2D eigenvalue weighted by atomic mass is 16.5. The van der Waals surface area contributed by atoms with E-state index < -0.39 is 0 Å². The van der Waals surface area contributed by atoms with E-state index in [1.54, 1.807) is 7.11 Å². The number of nitrogens with one attached hydrogen (secondary N) is 1. The van der Waals surface area contributed by atoms with E-state index in [-0.39, 0.29) is 12.3 Å². The first-order valence-corrected chi connectivity index (χ1v) is 6.86. The molecule has 2 aromatic carbocycles. The number of ether oxygens (including phenoxy) is 1. The zero-order chi connectivity index (χ0) is 15.1. The molecule has 0 fully saturated rings. The Morgan fingerprint density at radius 2 is 1.76 bits per heavy atom. The number of hydrogen-bond acceptors (Lipinski definition) is 3. The van der Waals surface area contributed by atoms with E-state index in [0.29, 0.717) is 13.2 Å². The van der Waals surface area contributed by atoms with Crippen molar-refractivity contribution in [3.8, 4) is 0 Å². The summed E-state index contributed by atoms with van der Waals surface area (Å²) in [6.07, 6.45) is 0.246. The highest BCUT2D eigenvalue weighted by molar-refractivity contribution is 5.78. The number of anilines is 1. The van der Waals surface area contributed by atoms with Crippen LogP contribution in [0, 0.1) is 0 Å². The van der Waals surface area contributed by atoms with Crippen LogP contribution in [0.15, 0.2) is 48.5 Å². The summed E-state index contributed by atoms with van der Waals surface area (Å²) in [5.41, 5.74) is 9.45. The molecule has 0 saturated carbocycles. The fourth-order valence-corrected chi connectivity index (χ4v) is 2.15. The quantitative estimate of drug-likeness (QED) is 0.821. The monoisotopic (exact) mass is 284 g/mol. The minimum absolute atomic E-state index is 0.246. The highest BCUT2D eigenvalue weighted by Gasteiger charge is 2.04. The molecule has 0 saturated heterocycles. The van der Waals surface area contributed by atoms with Crippen LogP contribution in [-0.4, -0.2) is 13.0 Å². The Kier molecular flexibility index (Phi) is 5.35. The maximum absolute atomic E-state index is 11.1. The Morgan fingerprint density at radius 3 is 2.43 bits per heavy atom. The predicted molar refractivity (Wildman–Crippen MR) is 83.8 cm³/mol. The van der Waals surface area contributed by atoms with Crippen molar-refractivity contribution in [3.05, 3.63) is 65.2 Å². The topological polar surface area (TPSA) is 64.3 Å². The molecular formula is C17H20N2O2. The van der Waals surface area contributed by atoms with Gasteiger partial charge in [-0.25, -0.2) is 0 Å². The molecule has 3 N–H and O–H groups in total. The molecule has 4 nitrogen and oxygen atoms in total. The zero-order valence-corrected chi connectivity index (χ0v) is 12.1. The van der Waals surface area contributed by atoms with Crippen molar-refractivity contribution in [3.63, 3.8) is 0 Å². The first kappa shape index (κ1) is 15.1. The highest BCUT2D eigenvalue weighted by Crippen LogP contribution is 2.17. The fourth-order valence-electron chi connectivity index (χ4n) is 2.15. The second-order valence-electron chi connectivity index (χ2n) is 4.90. The summed E-state index contributed by atoms with van der Waals surface area (Å²) in [4.78, 5) is 11.1. The lowest BCUT2D eigenvalue weighted by molar-refractivity contribution is -0.117. The van der Waals surface area contributed by atoms with Crippen molar-refractivity contribution in [2.75, 3.05) is 12.4 Å². The number of nitrogens with two attached hydrogens (primary N) is 1. The van der Waals surface area contributed by atoms with Crippen molar-refractivity contribution < 1.29 is 9.53 Å². The summed E-state index contributed by atoms with van der Waals surface area (Å²) in [6.45, 7) is 1.32. The second-order valence-corrected chi connectivity index (χ2v) is 4.90. The largest absolute Gasteiger partial charge is 0.381 e. The molecule has 0 unspecified atom stereocenters. The van der Waals surface area contributed by atoms with Gasteiger partial charge in [0.1, 0.15) is 0 Å². The molecule has 2 rings (SSSR count). The van der Waals surface area contributed by atoms with Gasteiger partial charge >= 0.3 is 0 Å². The van der Waals surface area contributed by atoms with Crippen LogP contribution >= 0.6 is 0 Å². The molecule has 110 valence electrons. The normalized spacial score (nSPS) is 10.3. The Labute approximate surface area is 124 Å². The molecule has 0 radical (unpaired) electrons. The molecule has 21 heavy (non-hydrogen) atoms. The number of carbonyl (C=O) groups excluding carboxylic acids is 1. The number of carbonyl (C=O) groups is 1. The second kappa shape index (κ2) is 7.45. The number of rotatable bonds is 7. The maximum Gasteiger partial charge on any atom is 0.221 e. The standard InChI is InChI=1S/C17H20N2O2/c1-21-12-14-8-6-13(7-9-14)11-19-16-5-3-2-4-15(16)10-17(18)20/h2-9,19H,10-12H2,1H3,(H2,18,20). The lowest BCUT2D eigenvalue weighted by Crippen LogP contribution is -2.15. The Bertz CT molecular complexity index is 594. The van der Waals surface area contributed by atoms with Crippen LogP contribution in [0.4, 0.5) is 5.69 Å². The molecule has 0 bridgehead atoms. The van der Waals surface area contributed by atoms with Gasteiger partial charge in [0.05, 0.1) is 13.0 Å². The minimum Gasteiger partial charge on any atom is -0.381 e. The summed E-state index contributed by atoms with van der Waals surface area (Å²) < 4.78 is 5.09. The van der Waals surface area contributed by atoms with Crippen molar-refractivity contribution in [2.45, 2.75) is 19.6 Å². The Hall–Kier alpha value is -2.33. The van der Waals surface area contributed by atoms with Gasteiger partial charge in [-0.3, -0.25) is 4.79 Å². The van der Waals surface area contributed by atoms with Crippen LogP contribution in [-0.2, 0) is 29.1 Å². The van der Waals surface area contributed by atoms with Crippen LogP contribution in [0.1, 0.15) is 16.7 Å². The number of methoxy groups -OCH3 is 1. The van der Waals surface area contributed by atoms with E-state index in [1.807, 2.05) is 24.3 Å². The molecule has 0 heterocycles. The van der Waals surface area contributed by atoms with E-state index >= 15 is 0 Å². The lowest BCUT2D eigenvalue weighted by atomic mass is 10.1. The first-order valence-electron chi connectivity index (χ1n) is 6.86. The van der Waals surface area contributed by atoms with Crippen molar-refractivity contribution in [1.82, 2.24) is 0 Å². The van der Waals surface area contributed by atoms with Gasteiger partial charge in [-0.2, -0.15) is 0 Å². The molecular weight excluding hydrogens is 264 g/mol. The number of amides is 1. The van der Waals surface area contributed by atoms with Crippen molar-refractivity contribution in [1.29, 1.82) is 0 Å². The van der Waals surface area contributed by atoms with Crippen LogP contribution < -0.4 is 11.1 Å². The first-order chi connectivity index (χ1) is 10.2. The summed E-state index contributed by atoms with van der Waals surface area (Å²) in [7, 11) is 1.69. The third-order valence-corrected chi connectivity index (χ3v) is 3.20. The molecule has 0 aliphatic rings. The summed E-state index contributed by atoms with van der Waals surface area (Å²) in [5, 5.41) is 3.35. The average molecular weight is 284 g/mol. The van der Waals surface area contributed by atoms with Crippen LogP contribution in [0.3, 0.4) is 0 Å². The van der Waals surface area contributed by atoms with Crippen LogP contribution in [0.5, 0.6) is 0 Å². The molecule has 0 atom stereocenters. The van der Waals surface area contributed by atoms with Gasteiger partial charge in [0.25, 0.3) is 0 Å². The van der Waals surface area contributed by atoms with Gasteiger partial charge in [0, 0.05) is 19.3 Å². The van der Waals surface area contributed by atoms with Crippen LogP contribution in [0.25, 0.3) is 0 Å². The van der Waals surface area contributed by atoms with Gasteiger partial charge in [0.15, 0.2) is 0 Å². The third kappa shape index (κ3) is 4.61. The number of para-hydroxylation sites is 1. The van der Waals surface area contributed by atoms with Gasteiger partial charge < -0.3 is 15.8 Å². The summed E-state index contributed by atoms with van der Waals surface area (Å²) in [5.74, 6) is -0.326. The molecule has 0 aliphatic heterocycles. The smallest absolute Gasteiger partial charge is 0.221 e. The molecule has 0 aromatic heterocycles. The predicted octanol–water partition coefficient (Wildman–Crippen LogP) is 2.47. The Balaban J connectivity index is 2.00. The van der Waals surface area contributed by atoms with E-state index in [9.17, 15) is 4.79 Å². The maximum atomic E-state index is 11.1. The molecule has 0 aliphatic carbocycles. The molecule has 1 amide bonds. The number of hydrogen-bond donors (Lipinski definition) is 2. The van der Waals surface area contributed by atoms with E-state index in [2.05, 4.69) is 29.6 Å². The van der Waals surface area contributed by atoms with Crippen molar-refractivity contribution >= 4 is 11.6 Å².